The fourth-order valence-electron chi connectivity index (χ4n) is 2.10. The van der Waals surface area contributed by atoms with E-state index in [0.29, 0.717) is 5.02 Å². The summed E-state index contributed by atoms with van der Waals surface area (Å²) in [5.41, 5.74) is 2.07. The van der Waals surface area contributed by atoms with Crippen LogP contribution in [0.5, 0.6) is 0 Å². The molecule has 104 valence electrons. The van der Waals surface area contributed by atoms with E-state index < -0.39 is 0 Å². The molecule has 0 spiro atoms. The molecule has 2 atom stereocenters. The van der Waals surface area contributed by atoms with Crippen molar-refractivity contribution in [2.24, 2.45) is 0 Å². The highest BCUT2D eigenvalue weighted by Crippen LogP contribution is 2.20. The summed E-state index contributed by atoms with van der Waals surface area (Å²) in [5, 5.41) is 12.0. The fourth-order valence-corrected chi connectivity index (χ4v) is 2.35. The van der Waals surface area contributed by atoms with Crippen molar-refractivity contribution in [1.29, 1.82) is 5.26 Å². The zero-order chi connectivity index (χ0) is 13.7. The third kappa shape index (κ3) is 3.98. The van der Waals surface area contributed by atoms with Gasteiger partial charge in [0.1, 0.15) is 12.1 Å². The molecule has 2 nitrogen and oxygen atoms in total. The Morgan fingerprint density at radius 1 is 1.05 bits per heavy atom. The lowest BCUT2D eigenvalue weighted by molar-refractivity contribution is -0.720. The normalized spacial score (nSPS) is 12.8. The predicted molar refractivity (Wildman–Crippen MR) is 76.6 cm³/mol. The number of nitriles is 1. The molecule has 4 heteroatoms. The molecule has 0 heterocycles. The maximum Gasteiger partial charge on any atom is 0.201 e. The highest BCUT2D eigenvalue weighted by atomic mass is 35.5. The summed E-state index contributed by atoms with van der Waals surface area (Å²) in [7, 11) is 0. The predicted octanol–water partition coefficient (Wildman–Crippen LogP) is 0.233. The number of nitrogens with two attached hydrogens (primary N) is 1. The van der Waals surface area contributed by atoms with E-state index in [9.17, 15) is 5.26 Å². The second-order valence-corrected chi connectivity index (χ2v) is 4.93. The van der Waals surface area contributed by atoms with E-state index in [0.717, 1.165) is 5.56 Å². The summed E-state index contributed by atoms with van der Waals surface area (Å²) in [6.07, 6.45) is 0. The van der Waals surface area contributed by atoms with Gasteiger partial charge in [0.15, 0.2) is 0 Å². The minimum Gasteiger partial charge on any atom is -1.00 e. The minimum atomic E-state index is -0.288. The fraction of sp³-hybridized carbons (Fsp3) is 0.188. The maximum atomic E-state index is 9.36. The third-order valence-corrected chi connectivity index (χ3v) is 3.53. The molecule has 2 aromatic carbocycles. The lowest BCUT2D eigenvalue weighted by Gasteiger charge is -2.16. The molecule has 2 aromatic rings. The number of benzene rings is 2. The van der Waals surface area contributed by atoms with Crippen molar-refractivity contribution in [3.8, 4) is 6.07 Å². The van der Waals surface area contributed by atoms with Crippen molar-refractivity contribution in [2.75, 3.05) is 0 Å². The molecular formula is C16H16Cl2N2. The van der Waals surface area contributed by atoms with Crippen LogP contribution in [0.4, 0.5) is 0 Å². The van der Waals surface area contributed by atoms with Crippen molar-refractivity contribution < 1.29 is 17.7 Å². The Balaban J connectivity index is 0.00000200. The molecule has 0 saturated heterocycles. The average Bonchev–Trinajstić information content (AvgIpc) is 2.46. The van der Waals surface area contributed by atoms with E-state index in [4.69, 9.17) is 11.6 Å². The molecule has 0 unspecified atom stereocenters. The van der Waals surface area contributed by atoms with Gasteiger partial charge in [0, 0.05) is 11.1 Å². The minimum absolute atomic E-state index is 0. The topological polar surface area (TPSA) is 40.4 Å². The quantitative estimate of drug-likeness (QED) is 0.863. The van der Waals surface area contributed by atoms with Crippen molar-refractivity contribution in [2.45, 2.75) is 19.0 Å². The van der Waals surface area contributed by atoms with Gasteiger partial charge in [-0.2, -0.15) is 5.26 Å². The van der Waals surface area contributed by atoms with Gasteiger partial charge in [-0.25, -0.2) is 0 Å². The van der Waals surface area contributed by atoms with Crippen LogP contribution in [0.15, 0.2) is 54.6 Å². The Morgan fingerprint density at radius 2 is 1.65 bits per heavy atom. The van der Waals surface area contributed by atoms with Crippen molar-refractivity contribution >= 4 is 11.6 Å². The number of halogens is 2. The van der Waals surface area contributed by atoms with Crippen LogP contribution in [0.2, 0.25) is 5.02 Å². The Kier molecular flexibility index (Phi) is 6.54. The molecule has 0 radical (unpaired) electrons. The zero-order valence-electron chi connectivity index (χ0n) is 11.1. The summed E-state index contributed by atoms with van der Waals surface area (Å²) in [6.45, 7) is 2.09. The largest absolute Gasteiger partial charge is 1.00 e. The highest BCUT2D eigenvalue weighted by Gasteiger charge is 2.20. The van der Waals surface area contributed by atoms with Gasteiger partial charge in [0.2, 0.25) is 6.04 Å². The number of hydrogen-bond acceptors (Lipinski definition) is 1. The SMILES string of the molecule is C[C@@H]([NH2+][C@@H](C#N)c1ccccc1Cl)c1ccccc1.[Cl-]. The first kappa shape index (κ1) is 16.5. The first-order valence-electron chi connectivity index (χ1n) is 6.26. The molecule has 0 amide bonds. The van der Waals surface area contributed by atoms with E-state index in [1.54, 1.807) is 0 Å². The Morgan fingerprint density at radius 3 is 2.25 bits per heavy atom. The van der Waals surface area contributed by atoms with Crippen LogP contribution in [0.25, 0.3) is 0 Å². The van der Waals surface area contributed by atoms with Crippen LogP contribution >= 0.6 is 11.6 Å². The van der Waals surface area contributed by atoms with Crippen LogP contribution in [0, 0.1) is 11.3 Å². The van der Waals surface area contributed by atoms with Crippen LogP contribution in [0.3, 0.4) is 0 Å². The molecule has 0 aromatic heterocycles. The summed E-state index contributed by atoms with van der Waals surface area (Å²) in [5.74, 6) is 0. The number of nitrogens with zero attached hydrogens (tertiary/aromatic N) is 1. The molecule has 0 aliphatic carbocycles. The molecule has 0 saturated carbocycles. The second-order valence-electron chi connectivity index (χ2n) is 4.52. The van der Waals surface area contributed by atoms with E-state index in [1.165, 1.54) is 5.56 Å². The summed E-state index contributed by atoms with van der Waals surface area (Å²) in [4.78, 5) is 0. The molecule has 2 N–H and O–H groups in total. The first-order valence-corrected chi connectivity index (χ1v) is 6.64. The van der Waals surface area contributed by atoms with Gasteiger partial charge < -0.3 is 17.7 Å². The first-order chi connectivity index (χ1) is 9.22. The number of quaternary nitrogens is 1. The van der Waals surface area contributed by atoms with E-state index >= 15 is 0 Å². The van der Waals surface area contributed by atoms with Crippen LogP contribution < -0.4 is 17.7 Å². The highest BCUT2D eigenvalue weighted by molar-refractivity contribution is 6.31. The number of hydrogen-bond donors (Lipinski definition) is 1. The van der Waals surface area contributed by atoms with Gasteiger partial charge in [-0.05, 0) is 13.0 Å². The standard InChI is InChI=1S/C16H15ClN2.ClH/c1-12(13-7-3-2-4-8-13)19-16(11-18)14-9-5-6-10-15(14)17;/h2-10,12,16,19H,1H3;1H/t12-,16+;/m1./s1. The van der Waals surface area contributed by atoms with Crippen molar-refractivity contribution in [3.05, 3.63) is 70.7 Å². The monoisotopic (exact) mass is 306 g/mol. The molecule has 0 aliphatic rings. The zero-order valence-corrected chi connectivity index (χ0v) is 12.6. The maximum absolute atomic E-state index is 9.36. The van der Waals surface area contributed by atoms with Gasteiger partial charge in [-0.1, -0.05) is 60.1 Å². The molecule has 20 heavy (non-hydrogen) atoms. The smallest absolute Gasteiger partial charge is 0.201 e. The lowest BCUT2D eigenvalue weighted by atomic mass is 10.0. The summed E-state index contributed by atoms with van der Waals surface area (Å²) >= 11 is 6.16. The molecule has 0 bridgehead atoms. The average molecular weight is 307 g/mol. The Bertz CT molecular complexity index is 579. The Hall–Kier alpha value is -1.53. The van der Waals surface area contributed by atoms with Crippen molar-refractivity contribution in [1.82, 2.24) is 0 Å². The van der Waals surface area contributed by atoms with Crippen LogP contribution in [0.1, 0.15) is 30.1 Å². The van der Waals surface area contributed by atoms with Gasteiger partial charge in [-0.3, -0.25) is 0 Å². The molecular weight excluding hydrogens is 291 g/mol. The van der Waals surface area contributed by atoms with E-state index in [-0.39, 0.29) is 24.5 Å². The summed E-state index contributed by atoms with van der Waals surface area (Å²) < 4.78 is 0. The lowest BCUT2D eigenvalue weighted by Crippen LogP contribution is -3.00. The summed E-state index contributed by atoms with van der Waals surface area (Å²) in [6, 6.07) is 19.9. The van der Waals surface area contributed by atoms with Crippen LogP contribution in [-0.4, -0.2) is 0 Å². The van der Waals surface area contributed by atoms with E-state index in [1.807, 2.05) is 47.8 Å². The number of rotatable bonds is 4. The Labute approximate surface area is 130 Å². The van der Waals surface area contributed by atoms with Gasteiger partial charge in [-0.15, -0.1) is 0 Å². The molecule has 2 rings (SSSR count). The van der Waals surface area contributed by atoms with E-state index in [2.05, 4.69) is 25.1 Å². The third-order valence-electron chi connectivity index (χ3n) is 3.19. The van der Waals surface area contributed by atoms with Gasteiger partial charge in [0.25, 0.3) is 0 Å². The van der Waals surface area contributed by atoms with Gasteiger partial charge in [0.05, 0.1) is 5.02 Å². The van der Waals surface area contributed by atoms with Gasteiger partial charge >= 0.3 is 0 Å². The second kappa shape index (κ2) is 7.91. The van der Waals surface area contributed by atoms with Crippen molar-refractivity contribution in [3.63, 3.8) is 0 Å². The van der Waals surface area contributed by atoms with Crippen LogP contribution in [-0.2, 0) is 0 Å². The molecule has 0 aliphatic heterocycles. The molecule has 0 fully saturated rings.